The van der Waals surface area contributed by atoms with E-state index in [1.54, 1.807) is 77.2 Å². The highest BCUT2D eigenvalue weighted by molar-refractivity contribution is 7.09. The Kier molecular flexibility index (Phi) is 32.1. The van der Waals surface area contributed by atoms with E-state index in [2.05, 4.69) is 47.5 Å². The smallest absolute Gasteiger partial charge is 0.408 e. The van der Waals surface area contributed by atoms with Gasteiger partial charge in [-0.25, -0.2) is 14.6 Å². The molecule has 0 bridgehead atoms. The van der Waals surface area contributed by atoms with Crippen LogP contribution in [0.25, 0.3) is 0 Å². The Morgan fingerprint density at radius 3 is 2.06 bits per heavy atom. The molecule has 3 aromatic rings. The van der Waals surface area contributed by atoms with E-state index >= 15 is 0 Å². The number of hydrogen-bond donors (Lipinski definition) is 10. The fourth-order valence-electron chi connectivity index (χ4n) is 11.1. The van der Waals surface area contributed by atoms with Gasteiger partial charge in [0.2, 0.25) is 47.3 Å². The van der Waals surface area contributed by atoms with Crippen molar-refractivity contribution < 1.29 is 66.9 Å². The van der Waals surface area contributed by atoms with Crippen molar-refractivity contribution in [3.8, 4) is 0 Å². The number of aromatic nitrogens is 1. The number of ether oxygens (including phenoxy) is 4. The van der Waals surface area contributed by atoms with E-state index in [-0.39, 0.29) is 75.9 Å². The maximum Gasteiger partial charge on any atom is 0.408 e. The summed E-state index contributed by atoms with van der Waals surface area (Å²) in [6, 6.07) is 9.43. The standard InChI is InChI=1S/C65H101N13O14S/c1-14-40(6)54(50(89-12)35-51(80)78-31-19-23-49(78)55(90-13)41(7)56(81)73-47(60-68-30-33-93-60)34-43-20-16-15-17-21-43)77(11)61(85)53(39(4)5)75-62(86)65(9,10)76-64(88)92-36-44-24-26-45(27-25-44)71-57(82)46(22-18-29-69-63(67)87)72-59(84)52(38(2)3)74-58(83)48(70-42(8)79)37-91-32-28-66/h15-17,20-21,24-27,30,33,38-41,46-50,52-55H,14,18-19,22-23,28-29,31-32,34-37,66H2,1-13H3,(H,70,79)(H,71,82)(H,72,84)(H,73,81)(H,74,83)(H,75,86)(H,76,88)(H3,67,69,87)/t40-,41+,46-,47-,48-,49-,50+,52-,53-,54-,55+/m0/s1. The molecular formula is C65H101N13O14S. The Morgan fingerprint density at radius 1 is 0.806 bits per heavy atom. The number of urea groups is 1. The molecule has 0 saturated carbocycles. The van der Waals surface area contributed by atoms with Gasteiger partial charge in [-0.15, -0.1) is 11.3 Å². The normalized spacial score (nSPS) is 16.4. The molecule has 1 aromatic heterocycles. The average Bonchev–Trinajstić information content (AvgIpc) is 2.61. The SMILES string of the molecule is CC[C@H](C)[C@@H]([C@@H](CC(=O)N1CCC[C@H]1[C@H](OC)[C@@H](C)C(=O)N[C@@H](Cc1ccccc1)c1nccs1)OC)N(C)C(=O)[C@@H](NC(=O)C(C)(C)NC(=O)OCc1ccc(NC(=O)[C@H](CCCNC(N)=O)NC(=O)[C@@H](NC(=O)[C@H](COCCN)NC(C)=O)C(C)C)cc1)C(C)C. The van der Waals surface area contributed by atoms with Crippen LogP contribution in [0.15, 0.2) is 66.2 Å². The van der Waals surface area contributed by atoms with Gasteiger partial charge >= 0.3 is 12.1 Å². The van der Waals surface area contributed by atoms with Gasteiger partial charge in [0.05, 0.1) is 55.9 Å². The van der Waals surface area contributed by atoms with Gasteiger partial charge in [0.1, 0.15) is 41.3 Å². The highest BCUT2D eigenvalue weighted by atomic mass is 32.1. The maximum absolute atomic E-state index is 14.7. The molecule has 1 fully saturated rings. The first-order valence-corrected chi connectivity index (χ1v) is 32.7. The molecule has 11 atom stereocenters. The zero-order chi connectivity index (χ0) is 69.1. The van der Waals surface area contributed by atoms with Crippen LogP contribution < -0.4 is 54.0 Å². The van der Waals surface area contributed by atoms with Gasteiger partial charge in [0.25, 0.3) is 0 Å². The van der Waals surface area contributed by atoms with Crippen LogP contribution in [0.5, 0.6) is 0 Å². The van der Waals surface area contributed by atoms with Crippen LogP contribution in [-0.2, 0) is 70.3 Å². The second kappa shape index (κ2) is 38.4. The molecule has 2 aromatic carbocycles. The van der Waals surface area contributed by atoms with Crippen molar-refractivity contribution in [1.82, 2.24) is 52.0 Å². The van der Waals surface area contributed by atoms with E-state index in [1.165, 1.54) is 44.1 Å². The third kappa shape index (κ3) is 24.2. The Hall–Kier alpha value is -7.79. The van der Waals surface area contributed by atoms with E-state index < -0.39 is 119 Å². The molecule has 1 saturated heterocycles. The molecule has 0 radical (unpaired) electrons. The monoisotopic (exact) mass is 1320 g/mol. The number of amides is 11. The zero-order valence-electron chi connectivity index (χ0n) is 56.2. The Labute approximate surface area is 550 Å². The molecule has 28 heteroatoms. The van der Waals surface area contributed by atoms with Crippen LogP contribution in [0, 0.1) is 23.7 Å². The molecule has 0 spiro atoms. The first-order chi connectivity index (χ1) is 44.1. The largest absolute Gasteiger partial charge is 0.445 e. The number of nitrogens with one attached hydrogen (secondary N) is 8. The lowest BCUT2D eigenvalue weighted by Gasteiger charge is -2.41. The predicted octanol–water partition coefficient (Wildman–Crippen LogP) is 3.80. The summed E-state index contributed by atoms with van der Waals surface area (Å²) in [5.74, 6) is -5.77. The maximum atomic E-state index is 14.7. The van der Waals surface area contributed by atoms with E-state index in [0.717, 1.165) is 10.6 Å². The number of likely N-dealkylation sites (N-methyl/N-ethyl adjacent to an activating group) is 1. The van der Waals surface area contributed by atoms with Crippen LogP contribution >= 0.6 is 11.3 Å². The van der Waals surface area contributed by atoms with E-state index in [1.807, 2.05) is 56.5 Å². The number of nitrogens with two attached hydrogens (primary N) is 2. The predicted molar refractivity (Wildman–Crippen MR) is 352 cm³/mol. The molecule has 0 aliphatic carbocycles. The number of anilines is 1. The second-order valence-electron chi connectivity index (χ2n) is 24.8. The summed E-state index contributed by atoms with van der Waals surface area (Å²) in [5, 5.41) is 24.4. The molecule has 12 N–H and O–H groups in total. The van der Waals surface area contributed by atoms with Crippen molar-refractivity contribution in [2.24, 2.45) is 35.1 Å². The topological polar surface area (TPSA) is 375 Å². The minimum absolute atomic E-state index is 0.0467. The van der Waals surface area contributed by atoms with Crippen molar-refractivity contribution >= 4 is 76.4 Å². The lowest BCUT2D eigenvalue weighted by Crippen LogP contribution is -2.62. The number of rotatable bonds is 38. The number of benzene rings is 2. The summed E-state index contributed by atoms with van der Waals surface area (Å²) >= 11 is 1.47. The van der Waals surface area contributed by atoms with Crippen molar-refractivity contribution in [2.75, 3.05) is 59.4 Å². The van der Waals surface area contributed by atoms with Crippen molar-refractivity contribution in [3.63, 3.8) is 0 Å². The number of primary amides is 1. The number of carbonyl (C=O) groups is 10. The van der Waals surface area contributed by atoms with Gasteiger partial charge in [-0.3, -0.25) is 38.4 Å². The zero-order valence-corrected chi connectivity index (χ0v) is 57.0. The summed E-state index contributed by atoms with van der Waals surface area (Å²) in [6.07, 6.45) is 2.03. The number of methoxy groups -OCH3 is 2. The summed E-state index contributed by atoms with van der Waals surface area (Å²) in [6.45, 7) is 17.3. The minimum Gasteiger partial charge on any atom is -0.445 e. The molecule has 93 heavy (non-hydrogen) atoms. The molecular weight excluding hydrogens is 1220 g/mol. The minimum atomic E-state index is -1.60. The Bertz CT molecular complexity index is 2900. The van der Waals surface area contributed by atoms with Gasteiger partial charge in [0, 0.05) is 65.1 Å². The van der Waals surface area contributed by atoms with Crippen LogP contribution in [0.1, 0.15) is 130 Å². The number of alkyl carbamates (subject to hydrolysis) is 1. The van der Waals surface area contributed by atoms with Gasteiger partial charge in [0.15, 0.2) is 0 Å². The molecule has 0 unspecified atom stereocenters. The molecule has 27 nitrogen and oxygen atoms in total. The number of hydrogen-bond acceptors (Lipinski definition) is 17. The summed E-state index contributed by atoms with van der Waals surface area (Å²) < 4.78 is 23.0. The first kappa shape index (κ1) is 77.7. The van der Waals surface area contributed by atoms with E-state index in [9.17, 15) is 47.9 Å². The highest BCUT2D eigenvalue weighted by Crippen LogP contribution is 2.31. The van der Waals surface area contributed by atoms with Crippen LogP contribution in [-0.4, -0.2) is 182 Å². The van der Waals surface area contributed by atoms with E-state index in [0.29, 0.717) is 43.5 Å². The second-order valence-corrected chi connectivity index (χ2v) is 25.7. The molecule has 4 rings (SSSR count). The lowest BCUT2D eigenvalue weighted by molar-refractivity contribution is -0.148. The van der Waals surface area contributed by atoms with Gasteiger partial charge in [-0.1, -0.05) is 97.4 Å². The van der Waals surface area contributed by atoms with Crippen molar-refractivity contribution in [2.45, 2.75) is 181 Å². The number of carbonyl (C=O) groups excluding carboxylic acids is 10. The highest BCUT2D eigenvalue weighted by Gasteiger charge is 2.44. The average molecular weight is 1320 g/mol. The Balaban J connectivity index is 1.38. The molecule has 2 heterocycles. The third-order valence-electron chi connectivity index (χ3n) is 16.5. The number of nitrogens with zero attached hydrogens (tertiary/aromatic N) is 3. The van der Waals surface area contributed by atoms with Crippen molar-refractivity contribution in [1.29, 1.82) is 0 Å². The number of thiazole rings is 1. The fraction of sp³-hybridized carbons (Fsp3) is 0.615. The van der Waals surface area contributed by atoms with Gasteiger partial charge in [-0.05, 0) is 87.0 Å². The number of likely N-dealkylation sites (tertiary alicyclic amines) is 1. The first-order valence-electron chi connectivity index (χ1n) is 31.8. The van der Waals surface area contributed by atoms with E-state index in [4.69, 9.17) is 30.4 Å². The summed E-state index contributed by atoms with van der Waals surface area (Å²) in [5.41, 5.74) is 11.0. The van der Waals surface area contributed by atoms with Crippen LogP contribution in [0.2, 0.25) is 0 Å². The van der Waals surface area contributed by atoms with Gasteiger partial charge in [-0.2, -0.15) is 0 Å². The summed E-state index contributed by atoms with van der Waals surface area (Å²) in [7, 11) is 4.68. The van der Waals surface area contributed by atoms with Gasteiger partial charge < -0.3 is 82.7 Å². The Morgan fingerprint density at radius 2 is 1.48 bits per heavy atom. The molecule has 516 valence electrons. The van der Waals surface area contributed by atoms with Crippen LogP contribution in [0.3, 0.4) is 0 Å². The quantitative estimate of drug-likeness (QED) is 0.0365. The van der Waals surface area contributed by atoms with Crippen molar-refractivity contribution in [3.05, 3.63) is 82.3 Å². The molecule has 1 aliphatic heterocycles. The lowest BCUT2D eigenvalue weighted by atomic mass is 9.89. The fourth-order valence-corrected chi connectivity index (χ4v) is 11.8. The molecule has 11 amide bonds. The molecule has 1 aliphatic rings. The van der Waals surface area contributed by atoms with Crippen LogP contribution in [0.4, 0.5) is 15.3 Å². The third-order valence-corrected chi connectivity index (χ3v) is 17.4. The summed E-state index contributed by atoms with van der Waals surface area (Å²) in [4.78, 5) is 143.